The van der Waals surface area contributed by atoms with Crippen molar-refractivity contribution < 1.29 is 14.3 Å². The van der Waals surface area contributed by atoms with Crippen molar-refractivity contribution in [3.63, 3.8) is 0 Å². The van der Waals surface area contributed by atoms with E-state index in [4.69, 9.17) is 4.74 Å². The summed E-state index contributed by atoms with van der Waals surface area (Å²) in [6.07, 6.45) is 0.983. The summed E-state index contributed by atoms with van der Waals surface area (Å²) in [7, 11) is 0. The highest BCUT2D eigenvalue weighted by Gasteiger charge is 2.29. The second kappa shape index (κ2) is 3.98. The molecule has 0 bridgehead atoms. The summed E-state index contributed by atoms with van der Waals surface area (Å²) in [5.74, 6) is -0.381. The van der Waals surface area contributed by atoms with Gasteiger partial charge in [0.25, 0.3) is 0 Å². The van der Waals surface area contributed by atoms with Gasteiger partial charge in [0.05, 0.1) is 6.61 Å². The Hall–Kier alpha value is -1.06. The standard InChI is InChI=1S/C10H17NO3/c1-10(2,3)6-14-9(13)7-4-5-8(12)11-7/h7H,4-6H2,1-3H3,(H,11,12)/t7-/m0/s1. The Morgan fingerprint density at radius 3 is 2.64 bits per heavy atom. The molecular formula is C10H17NO3. The van der Waals surface area contributed by atoms with Crippen LogP contribution in [0.25, 0.3) is 0 Å². The van der Waals surface area contributed by atoms with Crippen molar-refractivity contribution >= 4 is 11.9 Å². The van der Waals surface area contributed by atoms with Crippen molar-refractivity contribution in [2.45, 2.75) is 39.7 Å². The van der Waals surface area contributed by atoms with Gasteiger partial charge in [-0.05, 0) is 11.8 Å². The van der Waals surface area contributed by atoms with Gasteiger partial charge in [0.2, 0.25) is 5.91 Å². The Kier molecular flexibility index (Phi) is 3.13. The molecule has 1 saturated heterocycles. The molecule has 1 fully saturated rings. The molecule has 1 atom stereocenters. The molecule has 80 valence electrons. The number of carbonyl (C=O) groups is 2. The van der Waals surface area contributed by atoms with Gasteiger partial charge in [-0.2, -0.15) is 0 Å². The largest absolute Gasteiger partial charge is 0.464 e. The fourth-order valence-corrected chi connectivity index (χ4v) is 1.18. The summed E-state index contributed by atoms with van der Waals surface area (Å²) >= 11 is 0. The second-order valence-corrected chi connectivity index (χ2v) is 4.83. The highest BCUT2D eigenvalue weighted by atomic mass is 16.5. The van der Waals surface area contributed by atoms with E-state index in [0.29, 0.717) is 19.4 Å². The first-order valence-corrected chi connectivity index (χ1v) is 4.84. The van der Waals surface area contributed by atoms with Crippen molar-refractivity contribution in [2.75, 3.05) is 6.61 Å². The van der Waals surface area contributed by atoms with Crippen molar-refractivity contribution in [1.82, 2.24) is 5.32 Å². The second-order valence-electron chi connectivity index (χ2n) is 4.83. The molecule has 0 aromatic rings. The quantitative estimate of drug-likeness (QED) is 0.671. The first-order chi connectivity index (χ1) is 6.38. The molecule has 0 aliphatic carbocycles. The van der Waals surface area contributed by atoms with Crippen LogP contribution in [0.3, 0.4) is 0 Å². The molecule has 1 heterocycles. The Bertz CT molecular complexity index is 242. The van der Waals surface area contributed by atoms with Crippen LogP contribution in [0.5, 0.6) is 0 Å². The number of hydrogen-bond donors (Lipinski definition) is 1. The van der Waals surface area contributed by atoms with Crippen LogP contribution in [-0.2, 0) is 14.3 Å². The molecular weight excluding hydrogens is 182 g/mol. The zero-order valence-corrected chi connectivity index (χ0v) is 8.92. The average Bonchev–Trinajstić information content (AvgIpc) is 2.46. The molecule has 1 aliphatic rings. The van der Waals surface area contributed by atoms with Gasteiger partial charge in [0.1, 0.15) is 6.04 Å². The minimum absolute atomic E-state index is 0.0295. The lowest BCUT2D eigenvalue weighted by Gasteiger charge is -2.19. The van der Waals surface area contributed by atoms with E-state index in [1.807, 2.05) is 20.8 Å². The van der Waals surface area contributed by atoms with Crippen LogP contribution in [0.15, 0.2) is 0 Å². The zero-order valence-electron chi connectivity index (χ0n) is 8.92. The number of esters is 1. The Morgan fingerprint density at radius 2 is 2.21 bits per heavy atom. The first kappa shape index (κ1) is 11.0. The van der Waals surface area contributed by atoms with Gasteiger partial charge in [0.15, 0.2) is 0 Å². The molecule has 0 aromatic heterocycles. The van der Waals surface area contributed by atoms with E-state index in [0.717, 1.165) is 0 Å². The summed E-state index contributed by atoms with van der Waals surface area (Å²) in [5, 5.41) is 2.58. The summed E-state index contributed by atoms with van der Waals surface area (Å²) in [5.41, 5.74) is -0.0295. The van der Waals surface area contributed by atoms with E-state index < -0.39 is 6.04 Å². The van der Waals surface area contributed by atoms with Crippen LogP contribution in [0.2, 0.25) is 0 Å². The Labute approximate surface area is 84.0 Å². The third kappa shape index (κ3) is 3.36. The predicted molar refractivity (Wildman–Crippen MR) is 51.6 cm³/mol. The van der Waals surface area contributed by atoms with E-state index >= 15 is 0 Å². The van der Waals surface area contributed by atoms with Gasteiger partial charge in [-0.15, -0.1) is 0 Å². The zero-order chi connectivity index (χ0) is 10.8. The molecule has 1 rings (SSSR count). The maximum absolute atomic E-state index is 11.4. The van der Waals surface area contributed by atoms with Crippen LogP contribution in [-0.4, -0.2) is 24.5 Å². The number of carbonyl (C=O) groups excluding carboxylic acids is 2. The van der Waals surface area contributed by atoms with Crippen LogP contribution >= 0.6 is 0 Å². The predicted octanol–water partition coefficient (Wildman–Crippen LogP) is 0.854. The lowest BCUT2D eigenvalue weighted by molar-refractivity contribution is -0.149. The molecule has 0 saturated carbocycles. The smallest absolute Gasteiger partial charge is 0.328 e. The lowest BCUT2D eigenvalue weighted by atomic mass is 9.99. The number of amides is 1. The summed E-state index contributed by atoms with van der Waals surface area (Å²) in [6, 6.07) is -0.426. The third-order valence-electron chi connectivity index (χ3n) is 1.93. The van der Waals surface area contributed by atoms with Crippen molar-refractivity contribution in [1.29, 1.82) is 0 Å². The first-order valence-electron chi connectivity index (χ1n) is 4.84. The average molecular weight is 199 g/mol. The maximum atomic E-state index is 11.4. The Morgan fingerprint density at radius 1 is 1.57 bits per heavy atom. The topological polar surface area (TPSA) is 55.4 Å². The molecule has 4 nitrogen and oxygen atoms in total. The van der Waals surface area contributed by atoms with Crippen LogP contribution in [0.1, 0.15) is 33.6 Å². The SMILES string of the molecule is CC(C)(C)COC(=O)[C@@H]1CCC(=O)N1. The molecule has 4 heteroatoms. The van der Waals surface area contributed by atoms with Crippen LogP contribution < -0.4 is 5.32 Å². The highest BCUT2D eigenvalue weighted by Crippen LogP contribution is 2.15. The highest BCUT2D eigenvalue weighted by molar-refractivity contribution is 5.88. The maximum Gasteiger partial charge on any atom is 0.328 e. The molecule has 1 amide bonds. The molecule has 0 radical (unpaired) electrons. The monoisotopic (exact) mass is 199 g/mol. The van der Waals surface area contributed by atoms with Crippen molar-refractivity contribution in [2.24, 2.45) is 5.41 Å². The van der Waals surface area contributed by atoms with Crippen molar-refractivity contribution in [3.05, 3.63) is 0 Å². The summed E-state index contributed by atoms with van der Waals surface area (Å²) in [6.45, 7) is 6.37. The fraction of sp³-hybridized carbons (Fsp3) is 0.800. The van der Waals surface area contributed by atoms with E-state index in [1.165, 1.54) is 0 Å². The third-order valence-corrected chi connectivity index (χ3v) is 1.93. The molecule has 0 spiro atoms. The van der Waals surface area contributed by atoms with E-state index in [1.54, 1.807) is 0 Å². The number of rotatable bonds is 2. The number of ether oxygens (including phenoxy) is 1. The minimum Gasteiger partial charge on any atom is -0.464 e. The van der Waals surface area contributed by atoms with Gasteiger partial charge in [-0.3, -0.25) is 4.79 Å². The van der Waals surface area contributed by atoms with Crippen LogP contribution in [0, 0.1) is 5.41 Å². The summed E-state index contributed by atoms with van der Waals surface area (Å²) in [4.78, 5) is 22.2. The normalized spacial score (nSPS) is 21.9. The summed E-state index contributed by atoms with van der Waals surface area (Å²) < 4.78 is 5.09. The Balaban J connectivity index is 2.32. The van der Waals surface area contributed by atoms with E-state index in [-0.39, 0.29) is 17.3 Å². The molecule has 0 aromatic carbocycles. The fourth-order valence-electron chi connectivity index (χ4n) is 1.18. The number of hydrogen-bond acceptors (Lipinski definition) is 3. The lowest BCUT2D eigenvalue weighted by Crippen LogP contribution is -2.35. The molecule has 0 unspecified atom stereocenters. The molecule has 1 N–H and O–H groups in total. The molecule has 1 aliphatic heterocycles. The van der Waals surface area contributed by atoms with Gasteiger partial charge in [0, 0.05) is 6.42 Å². The van der Waals surface area contributed by atoms with Gasteiger partial charge >= 0.3 is 5.97 Å². The van der Waals surface area contributed by atoms with E-state index in [2.05, 4.69) is 5.32 Å². The van der Waals surface area contributed by atoms with Crippen LogP contribution in [0.4, 0.5) is 0 Å². The van der Waals surface area contributed by atoms with Crippen molar-refractivity contribution in [3.8, 4) is 0 Å². The van der Waals surface area contributed by atoms with Gasteiger partial charge in [-0.25, -0.2) is 4.79 Å². The minimum atomic E-state index is -0.426. The molecule has 14 heavy (non-hydrogen) atoms. The van der Waals surface area contributed by atoms with Gasteiger partial charge in [-0.1, -0.05) is 20.8 Å². The van der Waals surface area contributed by atoms with Gasteiger partial charge < -0.3 is 10.1 Å². The van der Waals surface area contributed by atoms with E-state index in [9.17, 15) is 9.59 Å². The number of nitrogens with one attached hydrogen (secondary N) is 1.